The Hall–Kier alpha value is -6.01. The number of nitrogens with one attached hydrogen (secondary N) is 1. The number of piperazine rings is 1. The predicted molar refractivity (Wildman–Crippen MR) is 258 cm³/mol. The molecule has 17 nitrogen and oxygen atoms in total. The first-order valence-electron chi connectivity index (χ1n) is 23.2. The smallest absolute Gasteiger partial charge is 0.307 e. The van der Waals surface area contributed by atoms with Crippen LogP contribution >= 0.6 is 0 Å². The number of ether oxygens (including phenoxy) is 5. The number of phenols is 1. The number of esters is 1. The van der Waals surface area contributed by atoms with Crippen LogP contribution in [0, 0.1) is 36.5 Å². The van der Waals surface area contributed by atoms with E-state index >= 15 is 0 Å². The standard InChI is InChI=1S/C51H64N4O13/c1-25-13-12-14-26(2)50(62)53-42-45(60)38-37(41-48(42)67-36-24-33(23-34(57)40(36)52-41)64-22-20-55-18-16-54(10)17-19-55)39-47(31(7)44(38)59)68-51(9,49(39)61)65-21-15-35(63-11)30(6)46(66-32(8)56)29(5)27(3)28(4)43(25)58/h12-15,21,23-25,27-30,35,43,46,58-59,61H,16-20,22H2,1-11H3,(H,53,62)/b13-12+,21-15+,26-14-/t25-,27+,28-,29+,30+,35-,43-,46-,51-/m0/s1. The highest BCUT2D eigenvalue weighted by Gasteiger charge is 2.44. The lowest BCUT2D eigenvalue weighted by molar-refractivity contribution is -0.157. The number of allylic oxidation sites excluding steroid dienone is 2. The molecule has 4 bridgehead atoms. The van der Waals surface area contributed by atoms with Crippen molar-refractivity contribution in [1.82, 2.24) is 14.8 Å². The fourth-order valence-corrected chi connectivity index (χ4v) is 9.53. The predicted octanol–water partition coefficient (Wildman–Crippen LogP) is 5.46. The van der Waals surface area contributed by atoms with Gasteiger partial charge in [0.1, 0.15) is 41.2 Å². The van der Waals surface area contributed by atoms with Crippen molar-refractivity contribution >= 4 is 56.3 Å². The zero-order valence-corrected chi connectivity index (χ0v) is 40.7. The molecule has 68 heavy (non-hydrogen) atoms. The molecule has 0 saturated carbocycles. The lowest BCUT2D eigenvalue weighted by Crippen LogP contribution is -2.45. The number of benzene rings is 3. The first-order valence-corrected chi connectivity index (χ1v) is 23.2. The van der Waals surface area contributed by atoms with Crippen LogP contribution in [0.2, 0.25) is 0 Å². The number of aliphatic hydroxyl groups is 2. The molecule has 4 N–H and O–H groups in total. The van der Waals surface area contributed by atoms with E-state index < -0.39 is 64.3 Å². The number of methoxy groups -OCH3 is 1. The van der Waals surface area contributed by atoms with E-state index in [0.717, 1.165) is 26.2 Å². The van der Waals surface area contributed by atoms with Crippen molar-refractivity contribution in [3.63, 3.8) is 0 Å². The van der Waals surface area contributed by atoms with Crippen molar-refractivity contribution in [1.29, 1.82) is 0 Å². The monoisotopic (exact) mass is 940 g/mol. The lowest BCUT2D eigenvalue weighted by atomic mass is 9.73. The Morgan fingerprint density at radius 3 is 2.34 bits per heavy atom. The molecule has 3 aliphatic rings. The molecule has 7 rings (SSSR count). The zero-order valence-electron chi connectivity index (χ0n) is 40.7. The molecular formula is C51H64N4O13. The van der Waals surface area contributed by atoms with Gasteiger partial charge in [-0.2, -0.15) is 0 Å². The fourth-order valence-electron chi connectivity index (χ4n) is 9.53. The maximum Gasteiger partial charge on any atom is 0.307 e. The average Bonchev–Trinajstić information content (AvgIpc) is 3.57. The van der Waals surface area contributed by atoms with Gasteiger partial charge in [0, 0.05) is 94.2 Å². The van der Waals surface area contributed by atoms with Crippen molar-refractivity contribution in [3.8, 4) is 17.2 Å². The van der Waals surface area contributed by atoms with Crippen LogP contribution in [0.1, 0.15) is 61.0 Å². The highest BCUT2D eigenvalue weighted by atomic mass is 16.7. The summed E-state index contributed by atoms with van der Waals surface area (Å²) in [7, 11) is 3.58. The molecule has 0 radical (unpaired) electrons. The second-order valence-electron chi connectivity index (χ2n) is 18.9. The normalized spacial score (nSPS) is 29.6. The molecule has 3 aromatic carbocycles. The topological polar surface area (TPSA) is 220 Å². The zero-order chi connectivity index (χ0) is 49.5. The van der Waals surface area contributed by atoms with Crippen LogP contribution in [0.25, 0.3) is 38.7 Å². The molecule has 17 heteroatoms. The number of amides is 1. The van der Waals surface area contributed by atoms with Crippen molar-refractivity contribution in [2.75, 3.05) is 58.8 Å². The van der Waals surface area contributed by atoms with Crippen LogP contribution in [0.4, 0.5) is 5.69 Å². The fraction of sp³-hybridized carbons (Fsp3) is 0.510. The molecule has 1 saturated heterocycles. The summed E-state index contributed by atoms with van der Waals surface area (Å²) in [5.74, 6) is -5.50. The van der Waals surface area contributed by atoms with Gasteiger partial charge < -0.3 is 53.6 Å². The van der Waals surface area contributed by atoms with E-state index in [1.807, 2.05) is 34.6 Å². The highest BCUT2D eigenvalue weighted by Crippen LogP contribution is 2.42. The molecule has 4 aromatic rings. The molecule has 4 heterocycles. The minimum atomic E-state index is -1.95. The minimum absolute atomic E-state index is 0.0368. The number of aromatic nitrogens is 1. The van der Waals surface area contributed by atoms with Crippen LogP contribution in [-0.2, 0) is 23.8 Å². The first kappa shape index (κ1) is 49.9. The van der Waals surface area contributed by atoms with Crippen LogP contribution in [0.15, 0.2) is 62.3 Å². The summed E-state index contributed by atoms with van der Waals surface area (Å²) in [6.07, 6.45) is 5.65. The lowest BCUT2D eigenvalue weighted by Gasteiger charge is -2.39. The van der Waals surface area contributed by atoms with Gasteiger partial charge in [-0.25, -0.2) is 4.98 Å². The Balaban J connectivity index is 1.42. The van der Waals surface area contributed by atoms with Crippen LogP contribution in [-0.4, -0.2) is 120 Å². The SMILES string of the molecule is CO[C@H]1/C=C/O[C@@]2(C)Oc3c(C)c(O)c4c(=O)c(c5oc6cc(OCCN7CCN(C)CC7)cc(=O)c6nc5c4c3=C2O)NC(=O)/C(C)=C\C=C\[C@H](C)[C@H](O)[C@@H](C)[C@@H](C)[C@@H](C)[C@H](OC(C)=O)[C@@H]1C. The van der Waals surface area contributed by atoms with Crippen LogP contribution in [0.3, 0.4) is 0 Å². The molecule has 0 spiro atoms. The van der Waals surface area contributed by atoms with Gasteiger partial charge in [0.25, 0.3) is 5.91 Å². The maximum absolute atomic E-state index is 14.8. The largest absolute Gasteiger partial charge is 0.507 e. The second-order valence-corrected chi connectivity index (χ2v) is 18.9. The molecule has 3 aliphatic heterocycles. The van der Waals surface area contributed by atoms with E-state index in [2.05, 4.69) is 22.2 Å². The summed E-state index contributed by atoms with van der Waals surface area (Å²) in [4.78, 5) is 64.5. The summed E-state index contributed by atoms with van der Waals surface area (Å²) < 4.78 is 36.8. The van der Waals surface area contributed by atoms with E-state index in [1.165, 1.54) is 52.4 Å². The number of aliphatic hydroxyl groups excluding tert-OH is 2. The number of fused-ring (bicyclic) bond motifs is 2. The molecule has 9 atom stereocenters. The van der Waals surface area contributed by atoms with Gasteiger partial charge >= 0.3 is 11.8 Å². The van der Waals surface area contributed by atoms with Gasteiger partial charge in [-0.15, -0.1) is 0 Å². The van der Waals surface area contributed by atoms with E-state index in [1.54, 1.807) is 25.2 Å². The Bertz CT molecular complexity index is 2880. The number of carbonyl (C=O) groups excluding carboxylic acids is 2. The van der Waals surface area contributed by atoms with Crippen molar-refractivity contribution in [2.45, 2.75) is 86.4 Å². The Kier molecular flexibility index (Phi) is 14.6. The maximum atomic E-state index is 14.8. The number of hydrogen-bond donors (Lipinski definition) is 4. The number of rotatable bonds is 6. The summed E-state index contributed by atoms with van der Waals surface area (Å²) >= 11 is 0. The number of hydrogen-bond acceptors (Lipinski definition) is 16. The summed E-state index contributed by atoms with van der Waals surface area (Å²) in [5.41, 5.74) is -2.17. The molecule has 1 fully saturated rings. The van der Waals surface area contributed by atoms with Crippen LogP contribution < -0.4 is 30.9 Å². The molecule has 366 valence electrons. The quantitative estimate of drug-likeness (QED) is 0.107. The third-order valence-corrected chi connectivity index (χ3v) is 14.3. The number of carbonyl (C=O) groups is 2. The van der Waals surface area contributed by atoms with E-state index in [4.69, 9.17) is 33.1 Å². The third kappa shape index (κ3) is 9.53. The Morgan fingerprint density at radius 1 is 0.956 bits per heavy atom. The number of phenolic OH excluding ortho intramolecular Hbond substituents is 1. The van der Waals surface area contributed by atoms with E-state index in [-0.39, 0.29) is 96.8 Å². The Morgan fingerprint density at radius 2 is 1.66 bits per heavy atom. The van der Waals surface area contributed by atoms with Gasteiger partial charge in [-0.3, -0.25) is 24.1 Å². The van der Waals surface area contributed by atoms with Gasteiger partial charge in [0.15, 0.2) is 22.4 Å². The summed E-state index contributed by atoms with van der Waals surface area (Å²) in [6.45, 7) is 20.0. The number of nitrogens with zero attached hydrogens (tertiary/aromatic N) is 3. The third-order valence-electron chi connectivity index (χ3n) is 14.3. The van der Waals surface area contributed by atoms with Gasteiger partial charge in [-0.05, 0) is 44.7 Å². The number of aromatic hydroxyl groups is 1. The molecule has 1 aromatic heterocycles. The molecule has 0 aliphatic carbocycles. The highest BCUT2D eigenvalue weighted by molar-refractivity contribution is 6.16. The minimum Gasteiger partial charge on any atom is -0.507 e. The second kappa shape index (κ2) is 19.9. The summed E-state index contributed by atoms with van der Waals surface area (Å²) in [5, 5.41) is 37.8. The van der Waals surface area contributed by atoms with Crippen molar-refractivity contribution in [3.05, 3.63) is 79.5 Å². The average molecular weight is 941 g/mol. The van der Waals surface area contributed by atoms with Crippen molar-refractivity contribution < 1.29 is 53.0 Å². The summed E-state index contributed by atoms with van der Waals surface area (Å²) in [6, 6.07) is 2.78. The van der Waals surface area contributed by atoms with E-state index in [0.29, 0.717) is 6.54 Å². The van der Waals surface area contributed by atoms with Crippen LogP contribution in [0.5, 0.6) is 17.2 Å². The van der Waals surface area contributed by atoms with Gasteiger partial charge in [0.2, 0.25) is 10.9 Å². The molecule has 1 amide bonds. The number of anilines is 1. The van der Waals surface area contributed by atoms with Gasteiger partial charge in [0.05, 0.1) is 29.1 Å². The number of likely N-dealkylation sites (N-methyl/N-ethyl adjacent to an activating group) is 1. The first-order chi connectivity index (χ1) is 32.2. The van der Waals surface area contributed by atoms with Gasteiger partial charge in [-0.1, -0.05) is 52.8 Å². The van der Waals surface area contributed by atoms with Crippen molar-refractivity contribution in [2.24, 2.45) is 29.6 Å². The Labute approximate surface area is 394 Å². The molecule has 0 unspecified atom stereocenters. The van der Waals surface area contributed by atoms with E-state index in [9.17, 15) is 34.5 Å². The molecular weight excluding hydrogens is 877 g/mol.